The molecule has 6 nitrogen and oxygen atoms in total. The molecule has 0 spiro atoms. The highest BCUT2D eigenvalue weighted by Crippen LogP contribution is 2.19. The fraction of sp³-hybridized carbons (Fsp3) is 0.286. The van der Waals surface area contributed by atoms with Crippen molar-refractivity contribution >= 4 is 22.9 Å². The molecule has 0 bridgehead atoms. The second-order valence-electron chi connectivity index (χ2n) is 4.58. The Morgan fingerprint density at radius 1 is 1.24 bits per heavy atom. The van der Waals surface area contributed by atoms with Crippen LogP contribution >= 0.6 is 0 Å². The number of fused-ring (bicyclic) bond motifs is 1. The van der Waals surface area contributed by atoms with Crippen molar-refractivity contribution < 1.29 is 19.1 Å². The van der Waals surface area contributed by atoms with Crippen LogP contribution in [0.3, 0.4) is 0 Å². The van der Waals surface area contributed by atoms with Crippen LogP contribution < -0.4 is 10.6 Å². The molecule has 2 aromatic rings. The molecule has 0 aliphatic rings. The maximum absolute atomic E-state index is 13.2. The van der Waals surface area contributed by atoms with Gasteiger partial charge in [-0.3, -0.25) is 4.79 Å². The molecule has 7 heteroatoms. The molecule has 0 atom stereocenters. The third-order valence-corrected chi connectivity index (χ3v) is 3.03. The van der Waals surface area contributed by atoms with Gasteiger partial charge in [-0.2, -0.15) is 0 Å². The predicted molar refractivity (Wildman–Crippen MR) is 75.6 cm³/mol. The van der Waals surface area contributed by atoms with Gasteiger partial charge in [-0.25, -0.2) is 9.18 Å². The number of nitrogens with one attached hydrogen (secondary N) is 3. The lowest BCUT2D eigenvalue weighted by molar-refractivity contribution is -0.136. The smallest absolute Gasteiger partial charge is 0.314 e. The standard InChI is InChI=1S/C14H16FN3O3/c15-10-1-2-12-11(7-10)9(8-18-12)3-5-16-14(21)17-6-4-13(19)20/h1-2,7-8,18H,3-6H2,(H,19,20)(H2,16,17,21). The molecule has 0 unspecified atom stereocenters. The molecule has 0 radical (unpaired) electrons. The molecule has 1 aromatic carbocycles. The number of hydrogen-bond acceptors (Lipinski definition) is 2. The Morgan fingerprint density at radius 3 is 2.76 bits per heavy atom. The normalized spacial score (nSPS) is 10.5. The minimum absolute atomic E-state index is 0.0828. The number of halogens is 1. The highest BCUT2D eigenvalue weighted by atomic mass is 19.1. The SMILES string of the molecule is O=C(O)CCNC(=O)NCCc1c[nH]c2ccc(F)cc12. The van der Waals surface area contributed by atoms with E-state index in [-0.39, 0.29) is 18.8 Å². The first-order chi connectivity index (χ1) is 10.1. The summed E-state index contributed by atoms with van der Waals surface area (Å²) in [5.41, 5.74) is 1.76. The Morgan fingerprint density at radius 2 is 2.00 bits per heavy atom. The van der Waals surface area contributed by atoms with Crippen molar-refractivity contribution in [2.45, 2.75) is 12.8 Å². The average molecular weight is 293 g/mol. The quantitative estimate of drug-likeness (QED) is 0.652. The van der Waals surface area contributed by atoms with Crippen molar-refractivity contribution in [2.24, 2.45) is 0 Å². The number of rotatable bonds is 6. The number of urea groups is 1. The molecule has 21 heavy (non-hydrogen) atoms. The Labute approximate surface area is 120 Å². The number of carbonyl (C=O) groups excluding carboxylic acids is 1. The largest absolute Gasteiger partial charge is 0.481 e. The van der Waals surface area contributed by atoms with Crippen LogP contribution in [0.25, 0.3) is 10.9 Å². The average Bonchev–Trinajstić information content (AvgIpc) is 2.81. The second kappa shape index (κ2) is 6.74. The van der Waals surface area contributed by atoms with Crippen LogP contribution in [0.15, 0.2) is 24.4 Å². The van der Waals surface area contributed by atoms with E-state index in [0.29, 0.717) is 13.0 Å². The molecular formula is C14H16FN3O3. The number of aliphatic carboxylic acids is 1. The van der Waals surface area contributed by atoms with Crippen LogP contribution in [0, 0.1) is 5.82 Å². The summed E-state index contributed by atoms with van der Waals surface area (Å²) in [5, 5.41) is 14.3. The third kappa shape index (κ3) is 4.20. The molecule has 4 N–H and O–H groups in total. The Balaban J connectivity index is 1.81. The third-order valence-electron chi connectivity index (χ3n) is 3.03. The first-order valence-electron chi connectivity index (χ1n) is 6.55. The lowest BCUT2D eigenvalue weighted by Gasteiger charge is -2.06. The fourth-order valence-electron chi connectivity index (χ4n) is 2.01. The molecule has 0 fully saturated rings. The molecule has 1 aromatic heterocycles. The van der Waals surface area contributed by atoms with Gasteiger partial charge >= 0.3 is 12.0 Å². The lowest BCUT2D eigenvalue weighted by Crippen LogP contribution is -2.37. The van der Waals surface area contributed by atoms with E-state index < -0.39 is 12.0 Å². The number of hydrogen-bond donors (Lipinski definition) is 4. The van der Waals surface area contributed by atoms with Crippen molar-refractivity contribution in [3.05, 3.63) is 35.8 Å². The van der Waals surface area contributed by atoms with E-state index in [1.165, 1.54) is 12.1 Å². The zero-order valence-corrected chi connectivity index (χ0v) is 11.3. The van der Waals surface area contributed by atoms with Crippen LogP contribution in [0.2, 0.25) is 0 Å². The maximum atomic E-state index is 13.2. The molecular weight excluding hydrogens is 277 g/mol. The van der Waals surface area contributed by atoms with E-state index in [9.17, 15) is 14.0 Å². The molecule has 2 amide bonds. The van der Waals surface area contributed by atoms with Gasteiger partial charge in [0.2, 0.25) is 0 Å². The van der Waals surface area contributed by atoms with Crippen LogP contribution in [-0.2, 0) is 11.2 Å². The molecule has 0 saturated heterocycles. The van der Waals surface area contributed by atoms with E-state index >= 15 is 0 Å². The summed E-state index contributed by atoms with van der Waals surface area (Å²) in [6.45, 7) is 0.460. The van der Waals surface area contributed by atoms with Gasteiger partial charge < -0.3 is 20.7 Å². The van der Waals surface area contributed by atoms with E-state index in [0.717, 1.165) is 16.5 Å². The highest BCUT2D eigenvalue weighted by Gasteiger charge is 2.06. The molecule has 112 valence electrons. The second-order valence-corrected chi connectivity index (χ2v) is 4.58. The van der Waals surface area contributed by atoms with Crippen molar-refractivity contribution in [3.8, 4) is 0 Å². The Kier molecular flexibility index (Phi) is 4.76. The minimum atomic E-state index is -0.962. The number of benzene rings is 1. The number of amides is 2. The minimum Gasteiger partial charge on any atom is -0.481 e. The fourth-order valence-corrected chi connectivity index (χ4v) is 2.01. The summed E-state index contributed by atoms with van der Waals surface area (Å²) >= 11 is 0. The van der Waals surface area contributed by atoms with Crippen LogP contribution in [0.5, 0.6) is 0 Å². The number of aromatic amines is 1. The Bertz CT molecular complexity index is 654. The monoisotopic (exact) mass is 293 g/mol. The molecule has 0 saturated carbocycles. The number of aromatic nitrogens is 1. The topological polar surface area (TPSA) is 94.2 Å². The first-order valence-corrected chi connectivity index (χ1v) is 6.55. The van der Waals surface area contributed by atoms with E-state index in [1.807, 2.05) is 0 Å². The number of carboxylic acid groups (broad SMARTS) is 1. The lowest BCUT2D eigenvalue weighted by atomic mass is 10.1. The van der Waals surface area contributed by atoms with Crippen LogP contribution in [-0.4, -0.2) is 35.2 Å². The number of carboxylic acids is 1. The van der Waals surface area contributed by atoms with Gasteiger partial charge in [0.1, 0.15) is 5.82 Å². The zero-order chi connectivity index (χ0) is 15.2. The van der Waals surface area contributed by atoms with Gasteiger partial charge in [-0.05, 0) is 30.2 Å². The summed E-state index contributed by atoms with van der Waals surface area (Å²) in [7, 11) is 0. The summed E-state index contributed by atoms with van der Waals surface area (Å²) in [4.78, 5) is 24.7. The van der Waals surface area contributed by atoms with Gasteiger partial charge in [0.15, 0.2) is 0 Å². The van der Waals surface area contributed by atoms with E-state index in [1.54, 1.807) is 12.3 Å². The van der Waals surface area contributed by atoms with Crippen LogP contribution in [0.1, 0.15) is 12.0 Å². The summed E-state index contributed by atoms with van der Waals surface area (Å²) < 4.78 is 13.2. The van der Waals surface area contributed by atoms with Crippen molar-refractivity contribution in [1.82, 2.24) is 15.6 Å². The van der Waals surface area contributed by atoms with Gasteiger partial charge in [-0.15, -0.1) is 0 Å². The molecule has 1 heterocycles. The van der Waals surface area contributed by atoms with Crippen molar-refractivity contribution in [2.75, 3.05) is 13.1 Å². The number of carbonyl (C=O) groups is 2. The van der Waals surface area contributed by atoms with Gasteiger partial charge in [0.05, 0.1) is 6.42 Å². The molecule has 0 aliphatic carbocycles. The first kappa shape index (κ1) is 14.8. The summed E-state index contributed by atoms with van der Waals surface area (Å²) in [6, 6.07) is 4.09. The maximum Gasteiger partial charge on any atom is 0.314 e. The van der Waals surface area contributed by atoms with Gasteiger partial charge in [0, 0.05) is 30.2 Å². The Hall–Kier alpha value is -2.57. The highest BCUT2D eigenvalue weighted by molar-refractivity contribution is 5.83. The summed E-state index contributed by atoms with van der Waals surface area (Å²) in [6.07, 6.45) is 2.22. The summed E-state index contributed by atoms with van der Waals surface area (Å²) in [5.74, 6) is -1.26. The number of H-pyrrole nitrogens is 1. The van der Waals surface area contributed by atoms with Gasteiger partial charge in [0.25, 0.3) is 0 Å². The van der Waals surface area contributed by atoms with E-state index in [2.05, 4.69) is 15.6 Å². The van der Waals surface area contributed by atoms with Crippen molar-refractivity contribution in [1.29, 1.82) is 0 Å². The molecule has 0 aliphatic heterocycles. The molecule has 2 rings (SSSR count). The van der Waals surface area contributed by atoms with Crippen LogP contribution in [0.4, 0.5) is 9.18 Å². The van der Waals surface area contributed by atoms with E-state index in [4.69, 9.17) is 5.11 Å². The zero-order valence-electron chi connectivity index (χ0n) is 11.3. The predicted octanol–water partition coefficient (Wildman–Crippen LogP) is 1.62. The van der Waals surface area contributed by atoms with Crippen molar-refractivity contribution in [3.63, 3.8) is 0 Å². The van der Waals surface area contributed by atoms with Gasteiger partial charge in [-0.1, -0.05) is 0 Å².